The Labute approximate surface area is 327 Å². The van der Waals surface area contributed by atoms with Crippen LogP contribution in [0.4, 0.5) is 9.18 Å². The molecule has 9 nitrogen and oxygen atoms in total. The molecule has 0 saturated carbocycles. The predicted octanol–water partition coefficient (Wildman–Crippen LogP) is 6.47. The zero-order valence-electron chi connectivity index (χ0n) is 32.0. The van der Waals surface area contributed by atoms with Gasteiger partial charge in [-0.15, -0.1) is 0 Å². The van der Waals surface area contributed by atoms with Crippen molar-refractivity contribution in [3.05, 3.63) is 137 Å². The molecule has 0 unspecified atom stereocenters. The molecule has 2 aliphatic rings. The molecule has 0 bridgehead atoms. The van der Waals surface area contributed by atoms with Crippen molar-refractivity contribution in [3.8, 4) is 5.75 Å². The van der Waals surface area contributed by atoms with Crippen LogP contribution in [0.25, 0.3) is 11.6 Å². The highest BCUT2D eigenvalue weighted by Crippen LogP contribution is 2.47. The van der Waals surface area contributed by atoms with Crippen molar-refractivity contribution in [1.29, 1.82) is 0 Å². The van der Waals surface area contributed by atoms with Gasteiger partial charge in [0.05, 0.1) is 38.3 Å². The number of methoxy groups -OCH3 is 1. The second-order valence-corrected chi connectivity index (χ2v) is 19.7. The number of amides is 3. The first-order valence-electron chi connectivity index (χ1n) is 18.8. The summed E-state index contributed by atoms with van der Waals surface area (Å²) in [5.41, 5.74) is 3.12. The topological polar surface area (TPSA) is 134 Å². The number of carbonyl (C=O) groups is 3. The summed E-state index contributed by atoms with van der Waals surface area (Å²) in [5.74, 6) is -5.79. The number of aliphatic hydroxyl groups is 2. The Morgan fingerprint density at radius 3 is 2.05 bits per heavy atom. The van der Waals surface area contributed by atoms with Crippen molar-refractivity contribution in [2.45, 2.75) is 51.2 Å². The summed E-state index contributed by atoms with van der Waals surface area (Å²) in [7, 11) is -2.04. The molecule has 292 valence electrons. The third-order valence-corrected chi connectivity index (χ3v) is 16.1. The minimum Gasteiger partial charge on any atom is -0.505 e. The molecule has 1 fully saturated rings. The number of aromatic hydroxyl groups is 1. The van der Waals surface area contributed by atoms with Gasteiger partial charge in [0.1, 0.15) is 0 Å². The number of aliphatic hydroxyl groups excluding tert-OH is 2. The van der Waals surface area contributed by atoms with Crippen molar-refractivity contribution < 1.29 is 43.3 Å². The molecule has 3 amide bonds. The predicted molar refractivity (Wildman–Crippen MR) is 215 cm³/mol. The van der Waals surface area contributed by atoms with Crippen molar-refractivity contribution >= 4 is 48.2 Å². The molecular formula is C45H48FNO8Si. The summed E-state index contributed by atoms with van der Waals surface area (Å²) in [6, 6.07) is 33.6. The number of imide groups is 3. The van der Waals surface area contributed by atoms with Gasteiger partial charge in [0.2, 0.25) is 11.8 Å². The minimum atomic E-state index is -3.14. The number of hydrogen-bond acceptors (Lipinski definition) is 8. The molecule has 6 rings (SSSR count). The molecule has 1 heterocycles. The first kappa shape index (κ1) is 40.5. The maximum Gasteiger partial charge on any atom is 0.423 e. The van der Waals surface area contributed by atoms with E-state index < -0.39 is 73.3 Å². The van der Waals surface area contributed by atoms with Crippen molar-refractivity contribution in [3.63, 3.8) is 0 Å². The molecule has 0 radical (unpaired) electrons. The molecule has 4 aromatic carbocycles. The van der Waals surface area contributed by atoms with Crippen LogP contribution in [0.2, 0.25) is 5.04 Å². The van der Waals surface area contributed by atoms with Gasteiger partial charge in [-0.05, 0) is 74.7 Å². The molecule has 1 saturated heterocycles. The van der Waals surface area contributed by atoms with E-state index in [0.29, 0.717) is 28.0 Å². The standard InChI is InChI=1S/C45H48FNO8Si/c1-45(2,3)56(33-16-10-6-11-17-33,34-18-12-7-13-19-34)55-28-32-26-35-41(43(52)47(42(35)51)44(53)54-4)36(27-48)40(32)39(50)23-21-31(30-14-8-5-9-15-30)24-29-20-22-38(49)37(46)25-29/h5-20,22,24-25,35-36,39,41,48-50H,21,23,26-28H2,1-4H3/b31-24-/t35-,36+,39-,41-/m1/s1. The summed E-state index contributed by atoms with van der Waals surface area (Å²) in [6.45, 7) is 5.84. The van der Waals surface area contributed by atoms with Crippen LogP contribution < -0.4 is 10.4 Å². The monoisotopic (exact) mass is 777 g/mol. The number of benzene rings is 4. The number of nitrogens with zero attached hydrogens (tertiary/aromatic N) is 1. The molecule has 56 heavy (non-hydrogen) atoms. The number of ether oxygens (including phenoxy) is 1. The molecule has 4 atom stereocenters. The number of phenols is 1. The van der Waals surface area contributed by atoms with Crippen LogP contribution in [-0.4, -0.2) is 72.9 Å². The second kappa shape index (κ2) is 16.9. The van der Waals surface area contributed by atoms with E-state index in [1.54, 1.807) is 12.1 Å². The number of halogens is 1. The highest BCUT2D eigenvalue weighted by atomic mass is 28.4. The Balaban J connectivity index is 1.44. The van der Waals surface area contributed by atoms with Crippen LogP contribution in [0.5, 0.6) is 5.75 Å². The molecule has 3 N–H and O–H groups in total. The SMILES string of the molecule is COC(=O)N1C(=O)[C@@H]2[C@@H](CC(CO[Si](c3ccccc3)(c3ccccc3)C(C)(C)C)=C([C@H](O)CC/C(=C/c3ccc(O)c(F)c3)c3ccccc3)[C@@H]2CO)C1=O. The zero-order valence-corrected chi connectivity index (χ0v) is 33.0. The van der Waals surface area contributed by atoms with Gasteiger partial charge in [0, 0.05) is 5.92 Å². The van der Waals surface area contributed by atoms with Gasteiger partial charge in [-0.3, -0.25) is 9.59 Å². The second-order valence-electron chi connectivity index (χ2n) is 15.4. The number of carbonyl (C=O) groups excluding carboxylic acids is 3. The summed E-state index contributed by atoms with van der Waals surface area (Å²) in [4.78, 5) is 40.9. The molecule has 1 aliphatic heterocycles. The van der Waals surface area contributed by atoms with Gasteiger partial charge >= 0.3 is 6.09 Å². The molecule has 0 spiro atoms. The van der Waals surface area contributed by atoms with Crippen LogP contribution >= 0.6 is 0 Å². The van der Waals surface area contributed by atoms with E-state index >= 15 is 0 Å². The fourth-order valence-electron chi connectivity index (χ4n) is 8.53. The van der Waals surface area contributed by atoms with Gasteiger partial charge in [-0.1, -0.05) is 124 Å². The smallest absolute Gasteiger partial charge is 0.423 e. The summed E-state index contributed by atoms with van der Waals surface area (Å²) in [6.07, 6.45) is -0.0485. The number of likely N-dealkylation sites (tertiary alicyclic amines) is 1. The summed E-state index contributed by atoms with van der Waals surface area (Å²) >= 11 is 0. The normalized spacial score (nSPS) is 19.6. The highest BCUT2D eigenvalue weighted by Gasteiger charge is 2.58. The molecule has 1 aliphatic carbocycles. The average molecular weight is 778 g/mol. The fourth-order valence-corrected chi connectivity index (χ4v) is 13.1. The quantitative estimate of drug-likeness (QED) is 0.0646. The van der Waals surface area contributed by atoms with Crippen molar-refractivity contribution in [2.24, 2.45) is 17.8 Å². The Kier molecular flexibility index (Phi) is 12.2. The molecule has 4 aromatic rings. The number of allylic oxidation sites excluding steroid dienone is 1. The highest BCUT2D eigenvalue weighted by molar-refractivity contribution is 6.99. The molecule has 11 heteroatoms. The number of phenolic OH excluding ortho intramolecular Hbond substituents is 1. The van der Waals surface area contributed by atoms with E-state index in [1.807, 2.05) is 66.7 Å². The summed E-state index contributed by atoms with van der Waals surface area (Å²) < 4.78 is 26.5. The lowest BCUT2D eigenvalue weighted by Gasteiger charge is -2.44. The van der Waals surface area contributed by atoms with Crippen LogP contribution in [-0.2, 0) is 18.8 Å². The van der Waals surface area contributed by atoms with E-state index in [1.165, 1.54) is 12.1 Å². The lowest BCUT2D eigenvalue weighted by atomic mass is 9.68. The molecular weight excluding hydrogens is 730 g/mol. The first-order chi connectivity index (χ1) is 26.8. The fraction of sp³-hybridized carbons (Fsp3) is 0.311. The van der Waals surface area contributed by atoms with Gasteiger partial charge < -0.3 is 24.5 Å². The van der Waals surface area contributed by atoms with Crippen LogP contribution in [0.15, 0.2) is 120 Å². The van der Waals surface area contributed by atoms with E-state index in [0.717, 1.165) is 28.6 Å². The Hall–Kier alpha value is -5.20. The average Bonchev–Trinajstić information content (AvgIpc) is 3.45. The van der Waals surface area contributed by atoms with Gasteiger partial charge in [0.25, 0.3) is 8.32 Å². The Bertz CT molecular complexity index is 2080. The maximum atomic E-state index is 14.4. The van der Waals surface area contributed by atoms with Crippen molar-refractivity contribution in [2.75, 3.05) is 20.3 Å². The largest absolute Gasteiger partial charge is 0.505 e. The van der Waals surface area contributed by atoms with Crippen molar-refractivity contribution in [1.82, 2.24) is 4.90 Å². The van der Waals surface area contributed by atoms with Gasteiger partial charge in [-0.2, -0.15) is 4.90 Å². The number of hydrogen-bond donors (Lipinski definition) is 3. The first-order valence-corrected chi connectivity index (χ1v) is 20.7. The molecule has 0 aromatic heterocycles. The van der Waals surface area contributed by atoms with E-state index in [4.69, 9.17) is 9.16 Å². The summed E-state index contributed by atoms with van der Waals surface area (Å²) in [5, 5.41) is 34.7. The van der Waals surface area contributed by atoms with Crippen LogP contribution in [0.3, 0.4) is 0 Å². The van der Waals surface area contributed by atoms with Crippen LogP contribution in [0, 0.1) is 23.6 Å². The third-order valence-electron chi connectivity index (χ3n) is 11.1. The minimum absolute atomic E-state index is 0.00669. The number of fused-ring (bicyclic) bond motifs is 1. The van der Waals surface area contributed by atoms with E-state index in [9.17, 15) is 34.1 Å². The van der Waals surface area contributed by atoms with E-state index in [-0.39, 0.29) is 19.4 Å². The third kappa shape index (κ3) is 7.77. The van der Waals surface area contributed by atoms with Crippen LogP contribution in [0.1, 0.15) is 51.2 Å². The van der Waals surface area contributed by atoms with Gasteiger partial charge in [0.15, 0.2) is 11.6 Å². The van der Waals surface area contributed by atoms with E-state index in [2.05, 4.69) is 45.0 Å². The lowest BCUT2D eigenvalue weighted by molar-refractivity contribution is -0.137. The zero-order chi connectivity index (χ0) is 40.2. The Morgan fingerprint density at radius 2 is 1.52 bits per heavy atom. The maximum absolute atomic E-state index is 14.4. The Morgan fingerprint density at radius 1 is 0.929 bits per heavy atom. The number of rotatable bonds is 12. The lowest BCUT2D eigenvalue weighted by Crippen LogP contribution is -2.66. The van der Waals surface area contributed by atoms with Gasteiger partial charge in [-0.25, -0.2) is 9.18 Å².